The van der Waals surface area contributed by atoms with Gasteiger partial charge in [0, 0.05) is 18.0 Å². The van der Waals surface area contributed by atoms with Crippen molar-refractivity contribution in [2.45, 2.75) is 6.54 Å². The lowest BCUT2D eigenvalue weighted by atomic mass is 10.2. The molecule has 2 rings (SSSR count). The number of nitrogens with zero attached hydrogens (tertiary/aromatic N) is 1. The third kappa shape index (κ3) is 2.50. The molecule has 0 amide bonds. The fourth-order valence-electron chi connectivity index (χ4n) is 1.85. The van der Waals surface area contributed by atoms with Crippen molar-refractivity contribution in [1.29, 1.82) is 0 Å². The summed E-state index contributed by atoms with van der Waals surface area (Å²) in [5, 5.41) is 2.40. The molecule has 0 saturated carbocycles. The van der Waals surface area contributed by atoms with E-state index in [0.717, 1.165) is 6.54 Å². The Morgan fingerprint density at radius 3 is 2.62 bits per heavy atom. The zero-order valence-corrected chi connectivity index (χ0v) is 7.87. The van der Waals surface area contributed by atoms with Crippen molar-refractivity contribution >= 4 is 0 Å². The quantitative estimate of drug-likeness (QED) is 0.543. The summed E-state index contributed by atoms with van der Waals surface area (Å²) in [7, 11) is 0. The van der Waals surface area contributed by atoms with Crippen molar-refractivity contribution in [2.24, 2.45) is 0 Å². The molecule has 0 radical (unpaired) electrons. The molecule has 0 unspecified atom stereocenters. The van der Waals surface area contributed by atoms with Crippen LogP contribution in [0.4, 0.5) is 0 Å². The molecule has 0 bridgehead atoms. The molecule has 1 fully saturated rings. The third-order valence-corrected chi connectivity index (χ3v) is 2.61. The molecule has 0 spiro atoms. The van der Waals surface area contributed by atoms with Crippen LogP contribution in [0.5, 0.6) is 0 Å². The van der Waals surface area contributed by atoms with Crippen molar-refractivity contribution in [3.8, 4) is 0 Å². The maximum absolute atomic E-state index is 4.02. The summed E-state index contributed by atoms with van der Waals surface area (Å²) in [6.07, 6.45) is 3.76. The number of pyridine rings is 1. The Balaban J connectivity index is 1.90. The lowest BCUT2D eigenvalue weighted by Gasteiger charge is -2.21. The smallest absolute Gasteiger partial charge is 0.127 e. The van der Waals surface area contributed by atoms with Gasteiger partial charge in [0.2, 0.25) is 0 Å². The van der Waals surface area contributed by atoms with Gasteiger partial charge in [-0.1, -0.05) is 0 Å². The first-order valence-electron chi connectivity index (χ1n) is 4.99. The standard InChI is InChI=1S/C10H15N3/c1-3-11-4-2-10(1)9-13-7-5-12-6-8-13/h1-4,12H,5-9H2/p+2. The van der Waals surface area contributed by atoms with Crippen molar-refractivity contribution in [3.63, 3.8) is 0 Å². The number of nitrogens with two attached hydrogens (primary N) is 1. The first-order chi connectivity index (χ1) is 6.45. The Hall–Kier alpha value is -0.930. The highest BCUT2D eigenvalue weighted by Crippen LogP contribution is 1.92. The number of piperazine rings is 1. The van der Waals surface area contributed by atoms with Gasteiger partial charge in [0.15, 0.2) is 0 Å². The fraction of sp³-hybridized carbons (Fsp3) is 0.500. The van der Waals surface area contributed by atoms with Gasteiger partial charge in [-0.2, -0.15) is 0 Å². The summed E-state index contributed by atoms with van der Waals surface area (Å²) in [6.45, 7) is 6.31. The molecule has 1 saturated heterocycles. The molecule has 3 nitrogen and oxygen atoms in total. The minimum absolute atomic E-state index is 1.16. The van der Waals surface area contributed by atoms with Crippen LogP contribution in [-0.2, 0) is 6.54 Å². The van der Waals surface area contributed by atoms with Crippen LogP contribution in [0.1, 0.15) is 5.56 Å². The number of rotatable bonds is 2. The lowest BCUT2D eigenvalue weighted by molar-refractivity contribution is -0.958. The van der Waals surface area contributed by atoms with Gasteiger partial charge in [-0.3, -0.25) is 4.98 Å². The van der Waals surface area contributed by atoms with E-state index >= 15 is 0 Å². The summed E-state index contributed by atoms with van der Waals surface area (Å²) in [6, 6.07) is 4.23. The molecule has 70 valence electrons. The second-order valence-corrected chi connectivity index (χ2v) is 3.65. The Kier molecular flexibility index (Phi) is 2.90. The van der Waals surface area contributed by atoms with E-state index in [1.807, 2.05) is 12.4 Å². The monoisotopic (exact) mass is 179 g/mol. The summed E-state index contributed by atoms with van der Waals surface area (Å²) in [5.41, 5.74) is 1.41. The number of hydrogen-bond donors (Lipinski definition) is 2. The van der Waals surface area contributed by atoms with Crippen LogP contribution in [-0.4, -0.2) is 31.2 Å². The molecule has 1 aliphatic heterocycles. The molecular formula is C10H17N3+2. The molecule has 1 aromatic heterocycles. The van der Waals surface area contributed by atoms with Crippen LogP contribution in [0.3, 0.4) is 0 Å². The number of quaternary nitrogens is 2. The van der Waals surface area contributed by atoms with Gasteiger partial charge >= 0.3 is 0 Å². The average molecular weight is 179 g/mol. The summed E-state index contributed by atoms with van der Waals surface area (Å²) in [4.78, 5) is 5.73. The maximum atomic E-state index is 4.02. The SMILES string of the molecule is c1cc(C[NH+]2CC[NH2+]CC2)ccn1. The van der Waals surface area contributed by atoms with E-state index in [0.29, 0.717) is 0 Å². The Labute approximate surface area is 78.8 Å². The topological polar surface area (TPSA) is 33.9 Å². The average Bonchev–Trinajstić information content (AvgIpc) is 2.21. The molecule has 0 aromatic carbocycles. The van der Waals surface area contributed by atoms with Gasteiger partial charge in [0.1, 0.15) is 32.7 Å². The molecule has 1 aromatic rings. The van der Waals surface area contributed by atoms with Crippen LogP contribution in [0.15, 0.2) is 24.5 Å². The Bertz CT molecular complexity index is 242. The summed E-state index contributed by atoms with van der Waals surface area (Å²) >= 11 is 0. The number of nitrogens with one attached hydrogen (secondary N) is 1. The zero-order chi connectivity index (χ0) is 8.93. The van der Waals surface area contributed by atoms with E-state index in [1.165, 1.54) is 31.7 Å². The molecule has 1 aliphatic rings. The highest BCUT2D eigenvalue weighted by atomic mass is 15.2. The first kappa shape index (κ1) is 8.66. The minimum Gasteiger partial charge on any atom is -0.337 e. The van der Waals surface area contributed by atoms with Gasteiger partial charge in [0.05, 0.1) is 0 Å². The molecule has 2 heterocycles. The number of hydrogen-bond acceptors (Lipinski definition) is 1. The van der Waals surface area contributed by atoms with Gasteiger partial charge < -0.3 is 10.2 Å². The summed E-state index contributed by atoms with van der Waals surface area (Å²) in [5.74, 6) is 0. The normalized spacial score (nSPS) is 18.8. The van der Waals surface area contributed by atoms with Crippen molar-refractivity contribution in [2.75, 3.05) is 26.2 Å². The van der Waals surface area contributed by atoms with Crippen LogP contribution < -0.4 is 10.2 Å². The van der Waals surface area contributed by atoms with E-state index in [9.17, 15) is 0 Å². The van der Waals surface area contributed by atoms with Gasteiger partial charge in [-0.25, -0.2) is 0 Å². The highest BCUT2D eigenvalue weighted by molar-refractivity contribution is 5.07. The van der Waals surface area contributed by atoms with E-state index in [1.54, 1.807) is 4.90 Å². The maximum Gasteiger partial charge on any atom is 0.127 e. The third-order valence-electron chi connectivity index (χ3n) is 2.61. The molecule has 3 N–H and O–H groups in total. The molecule has 13 heavy (non-hydrogen) atoms. The van der Waals surface area contributed by atoms with Crippen LogP contribution >= 0.6 is 0 Å². The lowest BCUT2D eigenvalue weighted by Crippen LogP contribution is -3.19. The van der Waals surface area contributed by atoms with Gasteiger partial charge in [-0.05, 0) is 12.1 Å². The predicted octanol–water partition coefficient (Wildman–Crippen LogP) is -1.96. The van der Waals surface area contributed by atoms with Crippen LogP contribution in [0.2, 0.25) is 0 Å². The van der Waals surface area contributed by atoms with E-state index < -0.39 is 0 Å². The van der Waals surface area contributed by atoms with E-state index in [4.69, 9.17) is 0 Å². The predicted molar refractivity (Wildman–Crippen MR) is 50.3 cm³/mol. The van der Waals surface area contributed by atoms with Crippen LogP contribution in [0, 0.1) is 0 Å². The molecule has 3 heteroatoms. The van der Waals surface area contributed by atoms with Crippen molar-refractivity contribution in [1.82, 2.24) is 4.98 Å². The second-order valence-electron chi connectivity index (χ2n) is 3.65. The number of aromatic nitrogens is 1. The summed E-state index contributed by atoms with van der Waals surface area (Å²) < 4.78 is 0. The highest BCUT2D eigenvalue weighted by Gasteiger charge is 2.15. The first-order valence-corrected chi connectivity index (χ1v) is 4.99. The molecule has 0 aliphatic carbocycles. The molecule has 0 atom stereocenters. The van der Waals surface area contributed by atoms with Gasteiger partial charge in [-0.15, -0.1) is 0 Å². The van der Waals surface area contributed by atoms with Crippen LogP contribution in [0.25, 0.3) is 0 Å². The van der Waals surface area contributed by atoms with E-state index in [-0.39, 0.29) is 0 Å². The Morgan fingerprint density at radius 1 is 1.23 bits per heavy atom. The van der Waals surface area contributed by atoms with Crippen molar-refractivity contribution in [3.05, 3.63) is 30.1 Å². The fourth-order valence-corrected chi connectivity index (χ4v) is 1.85. The van der Waals surface area contributed by atoms with E-state index in [2.05, 4.69) is 22.4 Å². The largest absolute Gasteiger partial charge is 0.337 e. The minimum atomic E-state index is 1.16. The second kappa shape index (κ2) is 4.35. The Morgan fingerprint density at radius 2 is 1.92 bits per heavy atom. The van der Waals surface area contributed by atoms with Gasteiger partial charge in [0.25, 0.3) is 0 Å². The zero-order valence-electron chi connectivity index (χ0n) is 7.87. The van der Waals surface area contributed by atoms with Crippen molar-refractivity contribution < 1.29 is 10.2 Å². The molecular weight excluding hydrogens is 162 g/mol.